The van der Waals surface area contributed by atoms with Gasteiger partial charge in [-0.25, -0.2) is 0 Å². The average Bonchev–Trinajstić information content (AvgIpc) is 2.85. The highest BCUT2D eigenvalue weighted by Crippen LogP contribution is 2.31. The van der Waals surface area contributed by atoms with E-state index in [0.717, 1.165) is 19.4 Å². The molecule has 2 aromatic carbocycles. The quantitative estimate of drug-likeness (QED) is 0.669. The SMILES string of the molecule is C=CCC[C@H](N)c1ccc2c(c1)c1ccccc1n2CC. The number of nitrogens with zero attached hydrogens (tertiary/aromatic N) is 1. The molecule has 2 nitrogen and oxygen atoms in total. The first-order valence-corrected chi connectivity index (χ1v) is 7.63. The molecule has 0 radical (unpaired) electrons. The minimum absolute atomic E-state index is 0.0798. The molecule has 108 valence electrons. The zero-order chi connectivity index (χ0) is 14.8. The number of aryl methyl sites for hydroxylation is 1. The van der Waals surface area contributed by atoms with Crippen molar-refractivity contribution in [3.8, 4) is 0 Å². The highest BCUT2D eigenvalue weighted by atomic mass is 15.0. The van der Waals surface area contributed by atoms with Crippen molar-refractivity contribution in [3.63, 3.8) is 0 Å². The second kappa shape index (κ2) is 5.74. The van der Waals surface area contributed by atoms with Gasteiger partial charge >= 0.3 is 0 Å². The van der Waals surface area contributed by atoms with Gasteiger partial charge in [0, 0.05) is 34.4 Å². The Morgan fingerprint density at radius 2 is 1.90 bits per heavy atom. The topological polar surface area (TPSA) is 30.9 Å². The van der Waals surface area contributed by atoms with Crippen molar-refractivity contribution in [2.45, 2.75) is 32.4 Å². The normalized spacial score (nSPS) is 12.9. The van der Waals surface area contributed by atoms with E-state index in [-0.39, 0.29) is 6.04 Å². The zero-order valence-corrected chi connectivity index (χ0v) is 12.5. The molecule has 0 aliphatic rings. The standard InChI is InChI=1S/C19H22N2/c1-3-5-9-17(20)14-11-12-19-16(13-14)15-8-6-7-10-18(15)21(19)4-2/h3,6-8,10-13,17H,1,4-5,9,20H2,2H3/t17-/m0/s1. The summed E-state index contributed by atoms with van der Waals surface area (Å²) in [4.78, 5) is 0. The third-order valence-corrected chi connectivity index (χ3v) is 4.22. The number of fused-ring (bicyclic) bond motifs is 3. The van der Waals surface area contributed by atoms with Crippen LogP contribution < -0.4 is 5.73 Å². The summed E-state index contributed by atoms with van der Waals surface area (Å²) >= 11 is 0. The Morgan fingerprint density at radius 1 is 1.14 bits per heavy atom. The van der Waals surface area contributed by atoms with Crippen LogP contribution in [-0.4, -0.2) is 4.57 Å². The molecule has 1 heterocycles. The van der Waals surface area contributed by atoms with Crippen molar-refractivity contribution in [2.24, 2.45) is 5.73 Å². The van der Waals surface area contributed by atoms with Gasteiger partial charge in [-0.2, -0.15) is 0 Å². The summed E-state index contributed by atoms with van der Waals surface area (Å²) in [7, 11) is 0. The lowest BCUT2D eigenvalue weighted by Crippen LogP contribution is -2.09. The highest BCUT2D eigenvalue weighted by Gasteiger charge is 2.12. The van der Waals surface area contributed by atoms with Crippen LogP contribution in [0.4, 0.5) is 0 Å². The molecular formula is C19H22N2. The van der Waals surface area contributed by atoms with Crippen molar-refractivity contribution in [1.82, 2.24) is 4.57 Å². The van der Waals surface area contributed by atoms with Crippen molar-refractivity contribution in [2.75, 3.05) is 0 Å². The number of para-hydroxylation sites is 1. The van der Waals surface area contributed by atoms with Gasteiger partial charge in [-0.15, -0.1) is 6.58 Å². The van der Waals surface area contributed by atoms with Crippen LogP contribution in [0.3, 0.4) is 0 Å². The summed E-state index contributed by atoms with van der Waals surface area (Å²) in [5.41, 5.74) is 10.1. The fourth-order valence-corrected chi connectivity index (χ4v) is 3.11. The van der Waals surface area contributed by atoms with Gasteiger partial charge in [0.15, 0.2) is 0 Å². The van der Waals surface area contributed by atoms with Crippen LogP contribution in [0.2, 0.25) is 0 Å². The molecule has 1 aromatic heterocycles. The summed E-state index contributed by atoms with van der Waals surface area (Å²) in [5, 5.41) is 2.62. The van der Waals surface area contributed by atoms with Crippen molar-refractivity contribution >= 4 is 21.8 Å². The Bertz CT molecular complexity index is 783. The number of aromatic nitrogens is 1. The molecule has 2 N–H and O–H groups in total. The second-order valence-corrected chi connectivity index (χ2v) is 5.51. The molecule has 0 unspecified atom stereocenters. The zero-order valence-electron chi connectivity index (χ0n) is 12.5. The van der Waals surface area contributed by atoms with E-state index < -0.39 is 0 Å². The van der Waals surface area contributed by atoms with E-state index in [1.807, 2.05) is 6.08 Å². The van der Waals surface area contributed by atoms with Crippen molar-refractivity contribution in [3.05, 3.63) is 60.7 Å². The van der Waals surface area contributed by atoms with E-state index >= 15 is 0 Å². The van der Waals surface area contributed by atoms with Crippen LogP contribution in [0.1, 0.15) is 31.4 Å². The Kier molecular flexibility index (Phi) is 3.80. The molecule has 0 bridgehead atoms. The lowest BCUT2D eigenvalue weighted by atomic mass is 10.0. The molecule has 0 aliphatic carbocycles. The number of allylic oxidation sites excluding steroid dienone is 1. The number of rotatable bonds is 5. The first kappa shape index (κ1) is 13.9. The van der Waals surface area contributed by atoms with Crippen molar-refractivity contribution in [1.29, 1.82) is 0 Å². The van der Waals surface area contributed by atoms with Gasteiger partial charge in [0.2, 0.25) is 0 Å². The van der Waals surface area contributed by atoms with E-state index in [2.05, 4.69) is 60.5 Å². The number of hydrogen-bond donors (Lipinski definition) is 1. The molecule has 0 aliphatic heterocycles. The van der Waals surface area contributed by atoms with E-state index in [4.69, 9.17) is 5.73 Å². The van der Waals surface area contributed by atoms with Gasteiger partial charge in [0.25, 0.3) is 0 Å². The van der Waals surface area contributed by atoms with Crippen LogP contribution in [0.5, 0.6) is 0 Å². The molecular weight excluding hydrogens is 256 g/mol. The second-order valence-electron chi connectivity index (χ2n) is 5.51. The molecule has 3 rings (SSSR count). The minimum Gasteiger partial charge on any atom is -0.341 e. The van der Waals surface area contributed by atoms with E-state index in [9.17, 15) is 0 Å². The smallest absolute Gasteiger partial charge is 0.0491 e. The fraction of sp³-hybridized carbons (Fsp3) is 0.263. The van der Waals surface area contributed by atoms with E-state index in [1.165, 1.54) is 27.4 Å². The fourth-order valence-electron chi connectivity index (χ4n) is 3.11. The molecule has 0 amide bonds. The Hall–Kier alpha value is -2.06. The monoisotopic (exact) mass is 278 g/mol. The number of hydrogen-bond acceptors (Lipinski definition) is 1. The summed E-state index contributed by atoms with van der Waals surface area (Å²) in [6.45, 7) is 6.94. The Morgan fingerprint density at radius 3 is 2.67 bits per heavy atom. The molecule has 0 saturated heterocycles. The summed E-state index contributed by atoms with van der Waals surface area (Å²) in [5.74, 6) is 0. The molecule has 3 aromatic rings. The first-order chi connectivity index (χ1) is 10.3. The van der Waals surface area contributed by atoms with Gasteiger partial charge in [-0.1, -0.05) is 30.3 Å². The lowest BCUT2D eigenvalue weighted by Gasteiger charge is -2.11. The van der Waals surface area contributed by atoms with Crippen LogP contribution in [0.25, 0.3) is 21.8 Å². The maximum atomic E-state index is 6.30. The molecule has 21 heavy (non-hydrogen) atoms. The van der Waals surface area contributed by atoms with Gasteiger partial charge in [0.1, 0.15) is 0 Å². The maximum Gasteiger partial charge on any atom is 0.0491 e. The summed E-state index contributed by atoms with van der Waals surface area (Å²) in [6, 6.07) is 15.3. The van der Waals surface area contributed by atoms with E-state index in [0.29, 0.717) is 0 Å². The average molecular weight is 278 g/mol. The largest absolute Gasteiger partial charge is 0.341 e. The highest BCUT2D eigenvalue weighted by molar-refractivity contribution is 6.08. The number of nitrogens with two attached hydrogens (primary N) is 1. The molecule has 1 atom stereocenters. The third kappa shape index (κ3) is 2.36. The van der Waals surface area contributed by atoms with Gasteiger partial charge in [-0.3, -0.25) is 0 Å². The summed E-state index contributed by atoms with van der Waals surface area (Å²) < 4.78 is 2.36. The Labute approximate surface area is 125 Å². The van der Waals surface area contributed by atoms with Gasteiger partial charge < -0.3 is 10.3 Å². The van der Waals surface area contributed by atoms with Gasteiger partial charge in [-0.05, 0) is 43.5 Å². The third-order valence-electron chi connectivity index (χ3n) is 4.22. The predicted molar refractivity (Wildman–Crippen MR) is 91.5 cm³/mol. The maximum absolute atomic E-state index is 6.30. The predicted octanol–water partition coefficient (Wildman–Crippen LogP) is 4.78. The van der Waals surface area contributed by atoms with Crippen LogP contribution in [-0.2, 0) is 6.54 Å². The molecule has 0 fully saturated rings. The van der Waals surface area contributed by atoms with Crippen LogP contribution in [0, 0.1) is 0 Å². The van der Waals surface area contributed by atoms with Crippen LogP contribution in [0.15, 0.2) is 55.1 Å². The molecule has 0 spiro atoms. The van der Waals surface area contributed by atoms with E-state index in [1.54, 1.807) is 0 Å². The molecule has 2 heteroatoms. The summed E-state index contributed by atoms with van der Waals surface area (Å²) in [6.07, 6.45) is 3.83. The minimum atomic E-state index is 0.0798. The van der Waals surface area contributed by atoms with Crippen LogP contribution >= 0.6 is 0 Å². The lowest BCUT2D eigenvalue weighted by molar-refractivity contribution is 0.662. The molecule has 0 saturated carbocycles. The number of benzene rings is 2. The van der Waals surface area contributed by atoms with Crippen molar-refractivity contribution < 1.29 is 0 Å². The first-order valence-electron chi connectivity index (χ1n) is 7.63. The van der Waals surface area contributed by atoms with Gasteiger partial charge in [0.05, 0.1) is 0 Å². The Balaban J connectivity index is 2.17.